The van der Waals surface area contributed by atoms with Crippen LogP contribution in [-0.4, -0.2) is 34.0 Å². The number of carbonyl (C=O) groups is 1. The van der Waals surface area contributed by atoms with Gasteiger partial charge in [0.15, 0.2) is 0 Å². The third kappa shape index (κ3) is 10.4. The molecule has 64 valence electrons. The molecule has 0 aromatic rings. The van der Waals surface area contributed by atoms with Crippen molar-refractivity contribution in [3.8, 4) is 0 Å². The van der Waals surface area contributed by atoms with Gasteiger partial charge in [0.1, 0.15) is 0 Å². The van der Waals surface area contributed by atoms with Crippen molar-refractivity contribution in [2.45, 2.75) is 27.4 Å². The van der Waals surface area contributed by atoms with E-state index in [2.05, 4.69) is 0 Å². The van der Waals surface area contributed by atoms with Gasteiger partial charge in [0, 0.05) is 0 Å². The first-order valence-corrected chi connectivity index (χ1v) is 2.17. The van der Waals surface area contributed by atoms with Crippen molar-refractivity contribution in [3.05, 3.63) is 0 Å². The van der Waals surface area contributed by atoms with Gasteiger partial charge in [0.05, 0.1) is 19.1 Å². The summed E-state index contributed by atoms with van der Waals surface area (Å²) < 4.78 is 0. The lowest BCUT2D eigenvalue weighted by Gasteiger charge is -1.99. The molecule has 4 nitrogen and oxygen atoms in total. The Balaban J connectivity index is -0.000000245. The maximum absolute atomic E-state index is 9.70. The molecule has 0 spiro atoms. The molecule has 0 fully saturated rings. The SMILES string of the molecule is C.C.O=C(O)CC(O)CO. The van der Waals surface area contributed by atoms with E-state index in [0.717, 1.165) is 0 Å². The highest BCUT2D eigenvalue weighted by Gasteiger charge is 2.05. The van der Waals surface area contributed by atoms with E-state index in [4.69, 9.17) is 15.3 Å². The normalized spacial score (nSPS) is 10.6. The maximum Gasteiger partial charge on any atom is 0.306 e. The first kappa shape index (κ1) is 16.2. The van der Waals surface area contributed by atoms with Gasteiger partial charge in [-0.25, -0.2) is 0 Å². The van der Waals surface area contributed by atoms with Gasteiger partial charge < -0.3 is 15.3 Å². The van der Waals surface area contributed by atoms with Crippen molar-refractivity contribution < 1.29 is 20.1 Å². The van der Waals surface area contributed by atoms with Crippen LogP contribution in [0.1, 0.15) is 21.3 Å². The summed E-state index contributed by atoms with van der Waals surface area (Å²) in [6, 6.07) is 0. The van der Waals surface area contributed by atoms with Crippen molar-refractivity contribution in [2.75, 3.05) is 6.61 Å². The molecule has 0 rings (SSSR count). The van der Waals surface area contributed by atoms with Crippen LogP contribution in [0.2, 0.25) is 0 Å². The number of hydrogen-bond acceptors (Lipinski definition) is 3. The summed E-state index contributed by atoms with van der Waals surface area (Å²) in [6.07, 6.45) is -1.51. The molecule has 0 heterocycles. The summed E-state index contributed by atoms with van der Waals surface area (Å²) >= 11 is 0. The zero-order chi connectivity index (χ0) is 6.57. The summed E-state index contributed by atoms with van der Waals surface area (Å²) in [5.74, 6) is -1.11. The molecule has 0 amide bonds. The fourth-order valence-corrected chi connectivity index (χ4v) is 0.266. The highest BCUT2D eigenvalue weighted by Crippen LogP contribution is 1.87. The van der Waals surface area contributed by atoms with Gasteiger partial charge in [0.25, 0.3) is 0 Å². The van der Waals surface area contributed by atoms with Gasteiger partial charge in [-0.1, -0.05) is 14.9 Å². The van der Waals surface area contributed by atoms with Crippen LogP contribution in [0.15, 0.2) is 0 Å². The van der Waals surface area contributed by atoms with E-state index in [1.165, 1.54) is 0 Å². The number of carboxylic acid groups (broad SMARTS) is 1. The Morgan fingerprint density at radius 3 is 1.90 bits per heavy atom. The number of aliphatic carboxylic acids is 1. The summed E-state index contributed by atoms with van der Waals surface area (Å²) in [7, 11) is 0. The predicted octanol–water partition coefficient (Wildman–Crippen LogP) is 0.0865. The molecule has 0 aromatic heterocycles. The standard InChI is InChI=1S/C4H8O4.2CH4/c5-2-3(6)1-4(7)8;;/h3,5-6H,1-2H2,(H,7,8);2*1H4. The number of aliphatic hydroxyl groups is 2. The van der Waals surface area contributed by atoms with E-state index in [1.54, 1.807) is 0 Å². The third-order valence-corrected chi connectivity index (χ3v) is 0.621. The molecule has 0 aromatic carbocycles. The number of aliphatic hydroxyl groups excluding tert-OH is 2. The predicted molar refractivity (Wildman–Crippen MR) is 38.8 cm³/mol. The summed E-state index contributed by atoms with van der Waals surface area (Å²) in [5, 5.41) is 24.4. The van der Waals surface area contributed by atoms with Gasteiger partial charge in [0.2, 0.25) is 0 Å². The number of rotatable bonds is 3. The molecular weight excluding hydrogens is 136 g/mol. The lowest BCUT2D eigenvalue weighted by molar-refractivity contribution is -0.139. The molecule has 0 saturated heterocycles. The Bertz CT molecular complexity index is 81.8. The number of carboxylic acids is 1. The van der Waals surface area contributed by atoms with E-state index >= 15 is 0 Å². The van der Waals surface area contributed by atoms with Crippen LogP contribution in [0, 0.1) is 0 Å². The molecule has 0 aliphatic heterocycles. The Kier molecular flexibility index (Phi) is 13.6. The summed E-state index contributed by atoms with van der Waals surface area (Å²) in [6.45, 7) is -0.494. The van der Waals surface area contributed by atoms with Gasteiger partial charge in [-0.2, -0.15) is 0 Å². The topological polar surface area (TPSA) is 77.8 Å². The van der Waals surface area contributed by atoms with Gasteiger partial charge in [-0.15, -0.1) is 0 Å². The quantitative estimate of drug-likeness (QED) is 0.535. The van der Waals surface area contributed by atoms with Gasteiger partial charge in [-0.05, 0) is 0 Å². The summed E-state index contributed by atoms with van der Waals surface area (Å²) in [4.78, 5) is 9.70. The molecule has 0 aliphatic carbocycles. The van der Waals surface area contributed by atoms with Crippen LogP contribution in [-0.2, 0) is 4.79 Å². The van der Waals surface area contributed by atoms with Crippen molar-refractivity contribution in [2.24, 2.45) is 0 Å². The minimum Gasteiger partial charge on any atom is -0.481 e. The Labute approximate surface area is 61.1 Å². The Hall–Kier alpha value is -0.610. The lowest BCUT2D eigenvalue weighted by atomic mass is 10.3. The van der Waals surface area contributed by atoms with E-state index in [9.17, 15) is 4.79 Å². The van der Waals surface area contributed by atoms with E-state index in [1.807, 2.05) is 0 Å². The summed E-state index contributed by atoms with van der Waals surface area (Å²) in [5.41, 5.74) is 0. The van der Waals surface area contributed by atoms with Crippen molar-refractivity contribution >= 4 is 5.97 Å². The number of hydrogen-bond donors (Lipinski definition) is 3. The zero-order valence-corrected chi connectivity index (χ0v) is 4.24. The maximum atomic E-state index is 9.70. The minimum absolute atomic E-state index is 0. The van der Waals surface area contributed by atoms with Gasteiger partial charge >= 0.3 is 5.97 Å². The Morgan fingerprint density at radius 1 is 1.40 bits per heavy atom. The molecule has 1 atom stereocenters. The van der Waals surface area contributed by atoms with Crippen molar-refractivity contribution in [1.82, 2.24) is 0 Å². The lowest BCUT2D eigenvalue weighted by Crippen LogP contribution is -2.16. The van der Waals surface area contributed by atoms with Crippen LogP contribution in [0.3, 0.4) is 0 Å². The molecule has 4 heteroatoms. The van der Waals surface area contributed by atoms with Gasteiger partial charge in [-0.3, -0.25) is 4.79 Å². The van der Waals surface area contributed by atoms with E-state index in [-0.39, 0.29) is 14.9 Å². The van der Waals surface area contributed by atoms with Crippen LogP contribution >= 0.6 is 0 Å². The molecule has 1 unspecified atom stereocenters. The second-order valence-electron chi connectivity index (χ2n) is 1.43. The van der Waals surface area contributed by atoms with Crippen LogP contribution < -0.4 is 0 Å². The highest BCUT2D eigenvalue weighted by atomic mass is 16.4. The minimum atomic E-state index is -1.12. The molecule has 10 heavy (non-hydrogen) atoms. The molecular formula is C6H16O4. The Morgan fingerprint density at radius 2 is 1.80 bits per heavy atom. The third-order valence-electron chi connectivity index (χ3n) is 0.621. The molecule has 0 bridgehead atoms. The first-order valence-electron chi connectivity index (χ1n) is 2.17. The smallest absolute Gasteiger partial charge is 0.306 e. The molecule has 0 saturated carbocycles. The second-order valence-corrected chi connectivity index (χ2v) is 1.43. The highest BCUT2D eigenvalue weighted by molar-refractivity contribution is 5.67. The van der Waals surface area contributed by atoms with Crippen LogP contribution in [0.5, 0.6) is 0 Å². The van der Waals surface area contributed by atoms with Crippen molar-refractivity contribution in [1.29, 1.82) is 0 Å². The monoisotopic (exact) mass is 152 g/mol. The molecule has 0 aliphatic rings. The van der Waals surface area contributed by atoms with Crippen molar-refractivity contribution in [3.63, 3.8) is 0 Å². The van der Waals surface area contributed by atoms with E-state index in [0.29, 0.717) is 0 Å². The first-order chi connectivity index (χ1) is 3.66. The van der Waals surface area contributed by atoms with Crippen LogP contribution in [0.4, 0.5) is 0 Å². The largest absolute Gasteiger partial charge is 0.481 e. The second kappa shape index (κ2) is 8.39. The molecule has 0 radical (unpaired) electrons. The average molecular weight is 152 g/mol. The zero-order valence-electron chi connectivity index (χ0n) is 4.24. The van der Waals surface area contributed by atoms with E-state index < -0.39 is 25.1 Å². The van der Waals surface area contributed by atoms with Crippen LogP contribution in [0.25, 0.3) is 0 Å². The average Bonchev–Trinajstić information content (AvgIpc) is 1.65. The molecule has 3 N–H and O–H groups in total. The fraction of sp³-hybridized carbons (Fsp3) is 0.833. The fourth-order valence-electron chi connectivity index (χ4n) is 0.266.